The van der Waals surface area contributed by atoms with Crippen LogP contribution in [0.4, 0.5) is 11.4 Å². The standard InChI is InChI=1S/C28H30N2O6S/c1-5-36-20-12-10-19(11-13-20)29-26(31)17-30-21-8-6-7-9-24(21)37-25(16-27(30)32)18-14-22(33-2)28(35-4)23(15-18)34-3/h6-15,25H,5,16-17H2,1-4H3,(H,29,31)/t25-/m0/s1. The summed E-state index contributed by atoms with van der Waals surface area (Å²) in [7, 11) is 4.68. The van der Waals surface area contributed by atoms with Crippen LogP contribution in [0.25, 0.3) is 0 Å². The lowest BCUT2D eigenvalue weighted by Crippen LogP contribution is -2.38. The molecule has 37 heavy (non-hydrogen) atoms. The van der Waals surface area contributed by atoms with Gasteiger partial charge in [0.2, 0.25) is 17.6 Å². The number of fused-ring (bicyclic) bond motifs is 1. The molecule has 4 rings (SSSR count). The largest absolute Gasteiger partial charge is 0.494 e. The Balaban J connectivity index is 1.58. The van der Waals surface area contributed by atoms with Crippen molar-refractivity contribution in [2.75, 3.05) is 44.7 Å². The van der Waals surface area contributed by atoms with Crippen LogP contribution in [0.1, 0.15) is 24.2 Å². The maximum absolute atomic E-state index is 13.5. The number of carbonyl (C=O) groups is 2. The van der Waals surface area contributed by atoms with Gasteiger partial charge in [0, 0.05) is 22.3 Å². The molecule has 0 aromatic heterocycles. The monoisotopic (exact) mass is 522 g/mol. The van der Waals surface area contributed by atoms with Gasteiger partial charge >= 0.3 is 0 Å². The van der Waals surface area contributed by atoms with Gasteiger partial charge in [-0.25, -0.2) is 0 Å². The molecule has 0 saturated heterocycles. The predicted octanol–water partition coefficient (Wildman–Crippen LogP) is 5.32. The van der Waals surface area contributed by atoms with Crippen LogP contribution in [0.5, 0.6) is 23.0 Å². The zero-order chi connectivity index (χ0) is 26.4. The highest BCUT2D eigenvalue weighted by atomic mass is 32.2. The highest BCUT2D eigenvalue weighted by Crippen LogP contribution is 2.49. The molecule has 0 bridgehead atoms. The van der Waals surface area contributed by atoms with E-state index in [-0.39, 0.29) is 30.0 Å². The van der Waals surface area contributed by atoms with Crippen LogP contribution < -0.4 is 29.2 Å². The molecule has 1 aliphatic rings. The fourth-order valence-electron chi connectivity index (χ4n) is 4.17. The number of para-hydroxylation sites is 1. The number of hydrogen-bond donors (Lipinski definition) is 1. The average molecular weight is 523 g/mol. The Bertz CT molecular complexity index is 1240. The molecule has 1 N–H and O–H groups in total. The minimum Gasteiger partial charge on any atom is -0.494 e. The number of ether oxygens (including phenoxy) is 4. The van der Waals surface area contributed by atoms with Gasteiger partial charge < -0.3 is 29.2 Å². The highest BCUT2D eigenvalue weighted by Gasteiger charge is 2.31. The van der Waals surface area contributed by atoms with Crippen LogP contribution in [0, 0.1) is 0 Å². The Morgan fingerprint density at radius 3 is 2.30 bits per heavy atom. The van der Waals surface area contributed by atoms with E-state index < -0.39 is 0 Å². The first kappa shape index (κ1) is 26.2. The molecule has 1 atom stereocenters. The summed E-state index contributed by atoms with van der Waals surface area (Å²) in [6.45, 7) is 2.37. The number of rotatable bonds is 9. The van der Waals surface area contributed by atoms with Crippen LogP contribution in [-0.2, 0) is 9.59 Å². The van der Waals surface area contributed by atoms with Crippen LogP contribution in [0.15, 0.2) is 65.6 Å². The lowest BCUT2D eigenvalue weighted by molar-refractivity contribution is -0.121. The van der Waals surface area contributed by atoms with Gasteiger partial charge in [-0.1, -0.05) is 12.1 Å². The molecule has 0 radical (unpaired) electrons. The van der Waals surface area contributed by atoms with Crippen molar-refractivity contribution in [3.63, 3.8) is 0 Å². The molecule has 0 saturated carbocycles. The Labute approximate surface area is 220 Å². The molecule has 0 spiro atoms. The molecule has 3 aromatic carbocycles. The zero-order valence-corrected chi connectivity index (χ0v) is 22.1. The molecule has 3 aromatic rings. The van der Waals surface area contributed by atoms with Gasteiger partial charge in [-0.3, -0.25) is 9.59 Å². The van der Waals surface area contributed by atoms with Gasteiger partial charge in [0.15, 0.2) is 11.5 Å². The summed E-state index contributed by atoms with van der Waals surface area (Å²) in [5, 5.41) is 2.65. The van der Waals surface area contributed by atoms with Gasteiger partial charge in [-0.15, -0.1) is 11.8 Å². The second-order valence-corrected chi connectivity index (χ2v) is 9.47. The Hall–Kier alpha value is -3.85. The Morgan fingerprint density at radius 1 is 1.00 bits per heavy atom. The summed E-state index contributed by atoms with van der Waals surface area (Å²) in [5.41, 5.74) is 2.20. The van der Waals surface area contributed by atoms with Gasteiger partial charge in [0.25, 0.3) is 0 Å². The Kier molecular flexibility index (Phi) is 8.45. The summed E-state index contributed by atoms with van der Waals surface area (Å²) in [6, 6.07) is 18.5. The topological polar surface area (TPSA) is 86.3 Å². The minimum atomic E-state index is -0.288. The van der Waals surface area contributed by atoms with Crippen LogP contribution >= 0.6 is 11.8 Å². The van der Waals surface area contributed by atoms with Crippen LogP contribution in [-0.4, -0.2) is 46.3 Å². The van der Waals surface area contributed by atoms with Crippen molar-refractivity contribution in [3.05, 3.63) is 66.2 Å². The first-order chi connectivity index (χ1) is 18.0. The fraction of sp³-hybridized carbons (Fsp3) is 0.286. The zero-order valence-electron chi connectivity index (χ0n) is 21.3. The second kappa shape index (κ2) is 11.9. The lowest BCUT2D eigenvalue weighted by atomic mass is 10.1. The summed E-state index contributed by atoms with van der Waals surface area (Å²) < 4.78 is 21.9. The predicted molar refractivity (Wildman–Crippen MR) is 144 cm³/mol. The van der Waals surface area contributed by atoms with Crippen molar-refractivity contribution in [3.8, 4) is 23.0 Å². The summed E-state index contributed by atoms with van der Waals surface area (Å²) in [5.74, 6) is 1.82. The number of hydrogen-bond acceptors (Lipinski definition) is 7. The van der Waals surface area contributed by atoms with Gasteiger partial charge in [0.05, 0.1) is 33.6 Å². The summed E-state index contributed by atoms with van der Waals surface area (Å²) in [6.07, 6.45) is 0.189. The minimum absolute atomic E-state index is 0.106. The summed E-state index contributed by atoms with van der Waals surface area (Å²) >= 11 is 1.57. The molecule has 1 aliphatic heterocycles. The molecule has 0 aliphatic carbocycles. The van der Waals surface area contributed by atoms with E-state index in [0.29, 0.717) is 35.2 Å². The maximum atomic E-state index is 13.5. The van der Waals surface area contributed by atoms with E-state index >= 15 is 0 Å². The molecule has 194 valence electrons. The molecule has 9 heteroatoms. The number of nitrogens with zero attached hydrogens (tertiary/aromatic N) is 1. The van der Waals surface area contributed by atoms with E-state index in [4.69, 9.17) is 18.9 Å². The number of methoxy groups -OCH3 is 3. The van der Waals surface area contributed by atoms with E-state index in [2.05, 4.69) is 5.32 Å². The molecule has 8 nitrogen and oxygen atoms in total. The SMILES string of the molecule is CCOc1ccc(NC(=O)CN2C(=O)C[C@@H](c3cc(OC)c(OC)c(OC)c3)Sc3ccccc32)cc1. The van der Waals surface area contributed by atoms with Gasteiger partial charge in [0.1, 0.15) is 12.3 Å². The maximum Gasteiger partial charge on any atom is 0.244 e. The normalized spacial score (nSPS) is 14.9. The molecular weight excluding hydrogens is 492 g/mol. The van der Waals surface area contributed by atoms with Crippen LogP contribution in [0.2, 0.25) is 0 Å². The first-order valence-electron chi connectivity index (χ1n) is 11.9. The van der Waals surface area contributed by atoms with E-state index in [1.165, 1.54) is 0 Å². The third-order valence-corrected chi connectivity index (χ3v) is 7.22. The molecular formula is C28H30N2O6S. The highest BCUT2D eigenvalue weighted by molar-refractivity contribution is 7.99. The number of carbonyl (C=O) groups excluding carboxylic acids is 2. The molecule has 1 heterocycles. The number of anilines is 2. The van der Waals surface area contributed by atoms with Crippen LogP contribution in [0.3, 0.4) is 0 Å². The van der Waals surface area contributed by atoms with Crippen molar-refractivity contribution in [1.29, 1.82) is 0 Å². The van der Waals surface area contributed by atoms with Crippen molar-refractivity contribution in [2.24, 2.45) is 0 Å². The number of nitrogens with one attached hydrogen (secondary N) is 1. The van der Waals surface area contributed by atoms with E-state index in [1.54, 1.807) is 62.3 Å². The van der Waals surface area contributed by atoms with Crippen molar-refractivity contribution in [1.82, 2.24) is 0 Å². The third-order valence-electron chi connectivity index (χ3n) is 5.90. The summed E-state index contributed by atoms with van der Waals surface area (Å²) in [4.78, 5) is 28.9. The molecule has 2 amide bonds. The average Bonchev–Trinajstić information content (AvgIpc) is 3.05. The third kappa shape index (κ3) is 5.94. The molecule has 0 unspecified atom stereocenters. The second-order valence-electron chi connectivity index (χ2n) is 8.22. The van der Waals surface area contributed by atoms with E-state index in [9.17, 15) is 9.59 Å². The van der Waals surface area contributed by atoms with E-state index in [1.807, 2.05) is 43.3 Å². The first-order valence-corrected chi connectivity index (χ1v) is 12.7. The van der Waals surface area contributed by atoms with Crippen molar-refractivity contribution in [2.45, 2.75) is 23.5 Å². The number of amides is 2. The van der Waals surface area contributed by atoms with E-state index in [0.717, 1.165) is 16.2 Å². The number of benzene rings is 3. The van der Waals surface area contributed by atoms with Gasteiger partial charge in [-0.2, -0.15) is 0 Å². The lowest BCUT2D eigenvalue weighted by Gasteiger charge is -2.22. The quantitative estimate of drug-likeness (QED) is 0.407. The molecule has 0 fully saturated rings. The van der Waals surface area contributed by atoms with Crippen molar-refractivity contribution >= 4 is 35.0 Å². The van der Waals surface area contributed by atoms with Gasteiger partial charge in [-0.05, 0) is 61.0 Å². The fourth-order valence-corrected chi connectivity index (χ4v) is 5.43. The van der Waals surface area contributed by atoms with Crippen molar-refractivity contribution < 1.29 is 28.5 Å². The Morgan fingerprint density at radius 2 is 1.68 bits per heavy atom. The smallest absolute Gasteiger partial charge is 0.244 e. The number of thioether (sulfide) groups is 1.